The molecular formula is C18H28N2O4S2. The summed E-state index contributed by atoms with van der Waals surface area (Å²) in [5.41, 5.74) is 0. The first-order chi connectivity index (χ1) is 12.2. The molecule has 0 amide bonds. The molecule has 0 bridgehead atoms. The molecule has 1 aromatic rings. The normalized spacial score (nSPS) is 26.7. The number of hydrogen-bond donors (Lipinski definition) is 0. The summed E-state index contributed by atoms with van der Waals surface area (Å²) in [6, 6.07) is 5.67. The van der Waals surface area contributed by atoms with Crippen LogP contribution in [0.3, 0.4) is 0 Å². The number of sulfonamides is 2. The number of hydrogen-bond acceptors (Lipinski definition) is 4. The van der Waals surface area contributed by atoms with Gasteiger partial charge < -0.3 is 0 Å². The van der Waals surface area contributed by atoms with E-state index in [-0.39, 0.29) is 21.9 Å². The minimum absolute atomic E-state index is 0.0219. The van der Waals surface area contributed by atoms with Crippen molar-refractivity contribution in [1.82, 2.24) is 8.61 Å². The van der Waals surface area contributed by atoms with Crippen LogP contribution in [0.4, 0.5) is 0 Å². The second kappa shape index (κ2) is 7.58. The molecule has 2 heterocycles. The summed E-state index contributed by atoms with van der Waals surface area (Å²) in [6.45, 7) is 4.89. The van der Waals surface area contributed by atoms with Gasteiger partial charge in [0.05, 0.1) is 9.79 Å². The fraction of sp³-hybridized carbons (Fsp3) is 0.667. The van der Waals surface area contributed by atoms with E-state index in [1.807, 2.05) is 13.8 Å². The average Bonchev–Trinajstić information content (AvgIpc) is 2.62. The predicted molar refractivity (Wildman–Crippen MR) is 101 cm³/mol. The molecule has 2 aliphatic rings. The highest BCUT2D eigenvalue weighted by molar-refractivity contribution is 7.89. The lowest BCUT2D eigenvalue weighted by Crippen LogP contribution is -2.42. The Morgan fingerprint density at radius 2 is 1.04 bits per heavy atom. The van der Waals surface area contributed by atoms with Crippen molar-refractivity contribution < 1.29 is 16.8 Å². The topological polar surface area (TPSA) is 74.8 Å². The van der Waals surface area contributed by atoms with E-state index >= 15 is 0 Å². The second-order valence-corrected chi connectivity index (χ2v) is 11.2. The van der Waals surface area contributed by atoms with Gasteiger partial charge in [-0.2, -0.15) is 8.61 Å². The minimum atomic E-state index is -3.58. The first-order valence-electron chi connectivity index (χ1n) is 9.38. The van der Waals surface area contributed by atoms with Crippen molar-refractivity contribution in [1.29, 1.82) is 0 Å². The van der Waals surface area contributed by atoms with Crippen molar-refractivity contribution in [3.63, 3.8) is 0 Å². The smallest absolute Gasteiger partial charge is 0.207 e. The van der Waals surface area contributed by atoms with Gasteiger partial charge in [-0.25, -0.2) is 16.8 Å². The van der Waals surface area contributed by atoms with Crippen molar-refractivity contribution in [2.75, 3.05) is 13.1 Å². The Balaban J connectivity index is 1.86. The molecule has 2 aliphatic heterocycles. The fourth-order valence-corrected chi connectivity index (χ4v) is 7.31. The van der Waals surface area contributed by atoms with Crippen molar-refractivity contribution in [2.24, 2.45) is 0 Å². The third-order valence-corrected chi connectivity index (χ3v) is 9.58. The van der Waals surface area contributed by atoms with Gasteiger partial charge in [-0.15, -0.1) is 0 Å². The summed E-state index contributed by atoms with van der Waals surface area (Å²) in [5, 5.41) is 0. The molecule has 2 saturated heterocycles. The van der Waals surface area contributed by atoms with E-state index in [1.54, 1.807) is 0 Å². The molecule has 0 aromatic heterocycles. The minimum Gasteiger partial charge on any atom is -0.207 e. The van der Waals surface area contributed by atoms with E-state index in [0.717, 1.165) is 38.5 Å². The van der Waals surface area contributed by atoms with Gasteiger partial charge in [0.2, 0.25) is 20.0 Å². The lowest BCUT2D eigenvalue weighted by Gasteiger charge is -2.33. The molecule has 146 valence electrons. The molecule has 6 nitrogen and oxygen atoms in total. The maximum absolute atomic E-state index is 12.9. The first-order valence-corrected chi connectivity index (χ1v) is 12.3. The Kier molecular flexibility index (Phi) is 5.77. The Bertz CT molecular complexity index is 763. The van der Waals surface area contributed by atoms with Gasteiger partial charge >= 0.3 is 0 Å². The highest BCUT2D eigenvalue weighted by Crippen LogP contribution is 2.28. The van der Waals surface area contributed by atoms with Crippen molar-refractivity contribution in [3.05, 3.63) is 24.3 Å². The van der Waals surface area contributed by atoms with Gasteiger partial charge in [0, 0.05) is 25.2 Å². The fourth-order valence-electron chi connectivity index (χ4n) is 3.91. The van der Waals surface area contributed by atoms with Crippen LogP contribution in [0.5, 0.6) is 0 Å². The number of piperidine rings is 2. The summed E-state index contributed by atoms with van der Waals surface area (Å²) in [5.74, 6) is 0. The molecule has 2 fully saturated rings. The van der Waals surface area contributed by atoms with Gasteiger partial charge in [-0.1, -0.05) is 12.8 Å². The molecule has 1 aromatic carbocycles. The highest BCUT2D eigenvalue weighted by atomic mass is 32.2. The quantitative estimate of drug-likeness (QED) is 0.779. The second-order valence-electron chi connectivity index (χ2n) is 7.39. The zero-order chi connectivity index (χ0) is 18.9. The van der Waals surface area contributed by atoms with Crippen LogP contribution in [0.2, 0.25) is 0 Å². The molecule has 8 heteroatoms. The van der Waals surface area contributed by atoms with Crippen LogP contribution in [0, 0.1) is 0 Å². The zero-order valence-electron chi connectivity index (χ0n) is 15.5. The molecule has 0 aliphatic carbocycles. The molecule has 0 N–H and O–H groups in total. The van der Waals surface area contributed by atoms with Gasteiger partial charge in [-0.05, 0) is 63.8 Å². The summed E-state index contributed by atoms with van der Waals surface area (Å²) < 4.78 is 54.6. The van der Waals surface area contributed by atoms with Crippen molar-refractivity contribution >= 4 is 20.0 Å². The molecule has 2 unspecified atom stereocenters. The third kappa shape index (κ3) is 3.69. The molecule has 0 radical (unpaired) electrons. The van der Waals surface area contributed by atoms with E-state index in [1.165, 1.54) is 32.9 Å². The Morgan fingerprint density at radius 1 is 0.692 bits per heavy atom. The van der Waals surface area contributed by atoms with E-state index < -0.39 is 20.0 Å². The average molecular weight is 401 g/mol. The van der Waals surface area contributed by atoms with Crippen LogP contribution < -0.4 is 0 Å². The first kappa shape index (κ1) is 19.8. The van der Waals surface area contributed by atoms with E-state index in [2.05, 4.69) is 0 Å². The standard InChI is InChI=1S/C18H28N2O4S2/c1-15-7-3-5-13-19(15)25(21,22)17-9-11-18(12-10-17)26(23,24)20-14-6-4-8-16(20)2/h9-12,15-16H,3-8,13-14H2,1-2H3. The van der Waals surface area contributed by atoms with Crippen LogP contribution in [-0.2, 0) is 20.0 Å². The summed E-state index contributed by atoms with van der Waals surface area (Å²) in [7, 11) is -7.17. The van der Waals surface area contributed by atoms with E-state index in [0.29, 0.717) is 13.1 Å². The summed E-state index contributed by atoms with van der Waals surface area (Å²) >= 11 is 0. The lowest BCUT2D eigenvalue weighted by molar-refractivity contribution is 0.268. The summed E-state index contributed by atoms with van der Waals surface area (Å²) in [6.07, 6.45) is 5.53. The van der Waals surface area contributed by atoms with E-state index in [4.69, 9.17) is 0 Å². The van der Waals surface area contributed by atoms with Gasteiger partial charge in [-0.3, -0.25) is 0 Å². The van der Waals surface area contributed by atoms with Crippen LogP contribution in [0.15, 0.2) is 34.1 Å². The van der Waals surface area contributed by atoms with Gasteiger partial charge in [0.25, 0.3) is 0 Å². The van der Waals surface area contributed by atoms with Crippen molar-refractivity contribution in [2.45, 2.75) is 74.2 Å². The Hall–Kier alpha value is -0.960. The Morgan fingerprint density at radius 3 is 1.35 bits per heavy atom. The van der Waals surface area contributed by atoms with Crippen molar-refractivity contribution in [3.8, 4) is 0 Å². The van der Waals surface area contributed by atoms with Crippen LogP contribution >= 0.6 is 0 Å². The zero-order valence-corrected chi connectivity index (χ0v) is 17.1. The third-order valence-electron chi connectivity index (χ3n) is 5.52. The monoisotopic (exact) mass is 400 g/mol. The molecule has 3 rings (SSSR count). The molecule has 26 heavy (non-hydrogen) atoms. The van der Waals surface area contributed by atoms with E-state index in [9.17, 15) is 16.8 Å². The van der Waals surface area contributed by atoms with Gasteiger partial charge in [0.15, 0.2) is 0 Å². The molecule has 0 spiro atoms. The van der Waals surface area contributed by atoms with Gasteiger partial charge in [0.1, 0.15) is 0 Å². The van der Waals surface area contributed by atoms with Crippen LogP contribution in [0.25, 0.3) is 0 Å². The molecular weight excluding hydrogens is 372 g/mol. The SMILES string of the molecule is CC1CCCCN1S(=O)(=O)c1ccc(S(=O)(=O)N2CCCCC2C)cc1. The molecule has 0 saturated carbocycles. The summed E-state index contributed by atoms with van der Waals surface area (Å²) in [4.78, 5) is 0.328. The largest absolute Gasteiger partial charge is 0.243 e. The van der Waals surface area contributed by atoms with Crippen LogP contribution in [0.1, 0.15) is 52.4 Å². The number of nitrogens with zero attached hydrogens (tertiary/aromatic N) is 2. The number of benzene rings is 1. The Labute approximate surface area is 157 Å². The maximum atomic E-state index is 12.9. The lowest BCUT2D eigenvalue weighted by atomic mass is 10.1. The predicted octanol–water partition coefficient (Wildman–Crippen LogP) is 2.81. The maximum Gasteiger partial charge on any atom is 0.243 e. The number of rotatable bonds is 4. The molecule has 2 atom stereocenters. The highest BCUT2D eigenvalue weighted by Gasteiger charge is 2.33. The van der Waals surface area contributed by atoms with Crippen LogP contribution in [-0.4, -0.2) is 50.6 Å².